The van der Waals surface area contributed by atoms with Gasteiger partial charge in [0.05, 0.1) is 4.38 Å². The van der Waals surface area contributed by atoms with Crippen LogP contribution in [0.2, 0.25) is 0 Å². The van der Waals surface area contributed by atoms with Crippen molar-refractivity contribution in [3.05, 3.63) is 0 Å². The fourth-order valence-electron chi connectivity index (χ4n) is 1.90. The highest BCUT2D eigenvalue weighted by atomic mass is 33.0. The highest BCUT2D eigenvalue weighted by Crippen LogP contribution is 3.26. The molecule has 25 heteroatoms. The summed E-state index contributed by atoms with van der Waals surface area (Å²) in [6, 6.07) is 0. The predicted molar refractivity (Wildman–Crippen MR) is 216 cm³/mol. The van der Waals surface area contributed by atoms with Crippen LogP contribution in [0.1, 0.15) is 0 Å². The molecule has 0 fully saturated rings. The van der Waals surface area contributed by atoms with E-state index in [0.717, 1.165) is 7.96 Å². The normalized spacial score (nSPS) is 15.8. The Kier molecular flexibility index (Phi) is 26.8. The second-order valence-corrected chi connectivity index (χ2v) is 88.7. The van der Waals surface area contributed by atoms with Crippen molar-refractivity contribution in [3.8, 4) is 0 Å². The monoisotopic (exact) mass is 816 g/mol. The summed E-state index contributed by atoms with van der Waals surface area (Å²) in [6.45, 7) is -0.662. The maximum atomic E-state index is 3.41. The third-order valence-electron chi connectivity index (χ3n) is 2.58. The minimum Gasteiger partial charge on any atom is -0.110 e. The first kappa shape index (κ1) is 36.8. The van der Waals surface area contributed by atoms with Crippen LogP contribution in [0.4, 0.5) is 0 Å². The smallest absolute Gasteiger partial charge is 0.0837 e. The van der Waals surface area contributed by atoms with Gasteiger partial charge in [-0.15, -0.1) is 125 Å². The molecule has 0 saturated heterocycles. The van der Waals surface area contributed by atoms with Crippen molar-refractivity contribution in [1.82, 2.24) is 0 Å². The number of hydrogen-bond donors (Lipinski definition) is 0. The lowest BCUT2D eigenvalue weighted by atomic mass is 11.8. The third-order valence-corrected chi connectivity index (χ3v) is 107. The Balaban J connectivity index is 7.12. The molecule has 0 nitrogen and oxygen atoms in total. The Bertz CT molecular complexity index is 303. The van der Waals surface area contributed by atoms with Crippen LogP contribution in [0.5, 0.6) is 0 Å². The molecule has 0 saturated carbocycles. The molecule has 0 aromatic heterocycles. The summed E-state index contributed by atoms with van der Waals surface area (Å²) in [5.41, 5.74) is 0. The van der Waals surface area contributed by atoms with Gasteiger partial charge in [0, 0.05) is 0 Å². The van der Waals surface area contributed by atoms with Crippen molar-refractivity contribution >= 4 is 204 Å². The molecule has 0 spiro atoms. The van der Waals surface area contributed by atoms with Gasteiger partial charge in [-0.3, -0.25) is 0 Å². The van der Waals surface area contributed by atoms with Crippen molar-refractivity contribution in [1.29, 1.82) is 0 Å². The van der Waals surface area contributed by atoms with Crippen LogP contribution in [-0.2, 0) is 0 Å². The molecular formula is CH29P25. The molecule has 0 rings (SSSR count). The van der Waals surface area contributed by atoms with Crippen LogP contribution in [0.3, 0.4) is 0 Å². The van der Waals surface area contributed by atoms with Gasteiger partial charge in [-0.1, -0.05) is 7.96 Å². The first-order valence-electron chi connectivity index (χ1n) is 5.96. The van der Waals surface area contributed by atoms with Gasteiger partial charge in [-0.25, -0.2) is 0 Å². The maximum absolute atomic E-state index is 3.41. The molecule has 0 aromatic carbocycles. The molecule has 16 unspecified atom stereocenters. The van der Waals surface area contributed by atoms with Crippen LogP contribution in [0.25, 0.3) is 0 Å². The molecule has 158 valence electrons. The Morgan fingerprint density at radius 3 is 0.731 bits per heavy atom. The van der Waals surface area contributed by atoms with E-state index in [9.17, 15) is 0 Å². The molecule has 0 amide bonds. The summed E-state index contributed by atoms with van der Waals surface area (Å²) in [5.74, 6) is 0. The molecule has 0 bridgehead atoms. The van der Waals surface area contributed by atoms with E-state index in [1.807, 2.05) is 0 Å². The Hall–Kier alpha value is 10.7. The molecule has 0 heterocycles. The van der Waals surface area contributed by atoms with E-state index in [0.29, 0.717) is 4.38 Å². The summed E-state index contributed by atoms with van der Waals surface area (Å²) >= 11 is 0. The number of hydrogen-bond acceptors (Lipinski definition) is 0. The number of rotatable bonds is 11. The molecule has 16 atom stereocenters. The van der Waals surface area contributed by atoms with Crippen LogP contribution in [-0.4, -0.2) is 4.38 Å². The average molecular weight is 816 g/mol. The van der Waals surface area contributed by atoms with E-state index >= 15 is 0 Å². The first-order valence-corrected chi connectivity index (χ1v) is 48.3. The molecule has 0 aliphatic carbocycles. The standard InChI is InChI=1S/CH29P25/c2-16-17(3)1(18(21(4)5)22(6)7,19(23(8)9)24(10)11)20(25(12)13)26(14)15/h16H,2-15H2. The molecule has 26 heavy (non-hydrogen) atoms. The summed E-state index contributed by atoms with van der Waals surface area (Å²) in [7, 11) is 46.2. The van der Waals surface area contributed by atoms with E-state index < -0.39 is 0 Å². The van der Waals surface area contributed by atoms with E-state index in [1.165, 1.54) is 0 Å². The van der Waals surface area contributed by atoms with Crippen molar-refractivity contribution in [2.45, 2.75) is 4.38 Å². The Labute approximate surface area is 206 Å². The molecule has 0 aromatic rings. The van der Waals surface area contributed by atoms with Gasteiger partial charge in [0.25, 0.3) is 0 Å². The largest absolute Gasteiger partial charge is 0.110 e. The van der Waals surface area contributed by atoms with Gasteiger partial charge in [0.2, 0.25) is 0 Å². The summed E-state index contributed by atoms with van der Waals surface area (Å²) in [6.07, 6.45) is 0. The Morgan fingerprint density at radius 2 is 0.615 bits per heavy atom. The van der Waals surface area contributed by atoms with Gasteiger partial charge in [0.15, 0.2) is 0 Å². The maximum Gasteiger partial charge on any atom is 0.0837 e. The zero-order chi connectivity index (χ0) is 21.0. The zero-order valence-electron chi connectivity index (χ0n) is 13.6. The molecule has 0 N–H and O–H groups in total. The lowest BCUT2D eigenvalue weighted by molar-refractivity contribution is 1.87. The predicted octanol–water partition coefficient (Wildman–Crippen LogP) is 13.6. The van der Waals surface area contributed by atoms with E-state index in [4.69, 9.17) is 0 Å². The quantitative estimate of drug-likeness (QED) is 0.182. The summed E-state index contributed by atoms with van der Waals surface area (Å²) in [5, 5.41) is 0. The van der Waals surface area contributed by atoms with Crippen molar-refractivity contribution in [2.24, 2.45) is 0 Å². The summed E-state index contributed by atoms with van der Waals surface area (Å²) in [4.78, 5) is 0. The fraction of sp³-hybridized carbons (Fsp3) is 1.00. The Morgan fingerprint density at radius 1 is 0.423 bits per heavy atom. The van der Waals surface area contributed by atoms with Gasteiger partial charge in [-0.2, -0.15) is 0 Å². The summed E-state index contributed by atoms with van der Waals surface area (Å²) < 4.78 is 0.527. The zero-order valence-corrected chi connectivity index (χ0v) is 39.7. The second-order valence-electron chi connectivity index (χ2n) is 4.25. The van der Waals surface area contributed by atoms with Gasteiger partial charge in [-0.05, 0) is 71.1 Å². The first-order chi connectivity index (χ1) is 11.8. The van der Waals surface area contributed by atoms with Gasteiger partial charge in [0.1, 0.15) is 0 Å². The second kappa shape index (κ2) is 18.9. The minimum absolute atomic E-state index is 0.0813. The molecule has 0 radical (unpaired) electrons. The van der Waals surface area contributed by atoms with Crippen LogP contribution < -0.4 is 0 Å². The molecule has 0 aliphatic heterocycles. The highest BCUT2D eigenvalue weighted by Gasteiger charge is 2.60. The lowest BCUT2D eigenvalue weighted by Gasteiger charge is -2.59. The topological polar surface area (TPSA) is 0 Å². The van der Waals surface area contributed by atoms with E-state index in [2.05, 4.69) is 125 Å². The van der Waals surface area contributed by atoms with E-state index in [-0.39, 0.29) is 71.1 Å². The van der Waals surface area contributed by atoms with Crippen LogP contribution in [0.15, 0.2) is 0 Å². The van der Waals surface area contributed by atoms with Crippen molar-refractivity contribution in [3.63, 3.8) is 0 Å². The van der Waals surface area contributed by atoms with Gasteiger partial charge >= 0.3 is 0 Å². The highest BCUT2D eigenvalue weighted by molar-refractivity contribution is 9.10. The van der Waals surface area contributed by atoms with Gasteiger partial charge < -0.3 is 0 Å². The molecular weight excluding hydrogens is 786 g/mol. The van der Waals surface area contributed by atoms with Crippen LogP contribution in [0, 0.1) is 0 Å². The lowest BCUT2D eigenvalue weighted by Crippen LogP contribution is -2.09. The van der Waals surface area contributed by atoms with Crippen molar-refractivity contribution in [2.75, 3.05) is 0 Å². The SMILES string of the molecule is PPP(P)C(P(P(P)P)P(P)P)(P(P(P)P)P(P)P)P(P(P)P)P(P)P. The fourth-order valence-corrected chi connectivity index (χ4v) is 212. The third kappa shape index (κ3) is 10.7. The minimum atomic E-state index is -0.110. The van der Waals surface area contributed by atoms with Crippen molar-refractivity contribution < 1.29 is 0 Å². The van der Waals surface area contributed by atoms with E-state index in [1.54, 1.807) is 0 Å². The molecule has 0 aliphatic rings. The van der Waals surface area contributed by atoms with Crippen LogP contribution >= 0.6 is 204 Å². The average Bonchev–Trinajstić information content (AvgIpc) is 2.43.